The highest BCUT2D eigenvalue weighted by atomic mass is 16.5. The maximum Gasteiger partial charge on any atom is 0.106 e. The zero-order chi connectivity index (χ0) is 8.49. The largest absolute Gasteiger partial charge is 0.497 e. The highest BCUT2D eigenvalue weighted by molar-refractivity contribution is 5.02. The Labute approximate surface area is 73.5 Å². The summed E-state index contributed by atoms with van der Waals surface area (Å²) in [5.74, 6) is 0. The molecular formula is C9H16N2O. The van der Waals surface area contributed by atoms with Crippen LogP contribution in [0.4, 0.5) is 0 Å². The van der Waals surface area contributed by atoms with Crippen molar-refractivity contribution in [3.8, 4) is 0 Å². The number of hydrogen-bond acceptors (Lipinski definition) is 3. The Morgan fingerprint density at radius 3 is 1.75 bits per heavy atom. The Morgan fingerprint density at radius 1 is 0.917 bits per heavy atom. The fraction of sp³-hybridized carbons (Fsp3) is 0.556. The Balaban J connectivity index is 0.000000120. The molecule has 0 aromatic heterocycles. The monoisotopic (exact) mass is 168 g/mol. The molecule has 0 atom stereocenters. The van der Waals surface area contributed by atoms with Crippen molar-refractivity contribution in [3.05, 3.63) is 24.5 Å². The van der Waals surface area contributed by atoms with E-state index in [9.17, 15) is 0 Å². The Kier molecular flexibility index (Phi) is 5.33. The van der Waals surface area contributed by atoms with E-state index in [1.165, 1.54) is 0 Å². The summed E-state index contributed by atoms with van der Waals surface area (Å²) in [6.45, 7) is 5.29. The van der Waals surface area contributed by atoms with Gasteiger partial charge in [0.1, 0.15) is 6.61 Å². The minimum Gasteiger partial charge on any atom is -0.497 e. The van der Waals surface area contributed by atoms with Gasteiger partial charge in [0.05, 0.1) is 6.26 Å². The summed E-state index contributed by atoms with van der Waals surface area (Å²) in [5.41, 5.74) is 0. The van der Waals surface area contributed by atoms with Crippen molar-refractivity contribution in [2.45, 2.75) is 0 Å². The van der Waals surface area contributed by atoms with Crippen LogP contribution in [0.1, 0.15) is 0 Å². The van der Waals surface area contributed by atoms with Crippen molar-refractivity contribution in [2.75, 3.05) is 32.8 Å². The summed E-state index contributed by atoms with van der Waals surface area (Å²) in [5, 5.41) is 6.44. The lowest BCUT2D eigenvalue weighted by molar-refractivity contribution is 0.286. The number of hydrogen-bond donors (Lipinski definition) is 2. The number of piperazine rings is 1. The predicted octanol–water partition coefficient (Wildman–Crippen LogP) is 0.266. The lowest BCUT2D eigenvalue weighted by Crippen LogP contribution is -2.39. The van der Waals surface area contributed by atoms with E-state index < -0.39 is 0 Å². The van der Waals surface area contributed by atoms with E-state index in [1.54, 1.807) is 6.26 Å². The molecule has 12 heavy (non-hydrogen) atoms. The van der Waals surface area contributed by atoms with Gasteiger partial charge in [0, 0.05) is 26.2 Å². The molecule has 68 valence electrons. The van der Waals surface area contributed by atoms with Gasteiger partial charge in [-0.15, -0.1) is 0 Å². The van der Waals surface area contributed by atoms with Crippen molar-refractivity contribution < 1.29 is 4.74 Å². The van der Waals surface area contributed by atoms with Gasteiger partial charge in [-0.1, -0.05) is 6.08 Å². The third kappa shape index (κ3) is 4.93. The maximum atomic E-state index is 4.80. The zero-order valence-electron chi connectivity index (χ0n) is 7.25. The standard InChI is InChI=1S/C5H6O.C4H10N2/c1-2-4-6-5-3-1;1-2-6-4-3-5-1/h1-4H,5H2;5-6H,1-4H2. The molecule has 0 bridgehead atoms. The minimum absolute atomic E-state index is 0.733. The third-order valence-corrected chi connectivity index (χ3v) is 1.57. The molecular weight excluding hydrogens is 152 g/mol. The topological polar surface area (TPSA) is 33.3 Å². The van der Waals surface area contributed by atoms with E-state index >= 15 is 0 Å². The van der Waals surface area contributed by atoms with Crippen LogP contribution in [-0.4, -0.2) is 32.8 Å². The highest BCUT2D eigenvalue weighted by Gasteiger charge is 1.91. The van der Waals surface area contributed by atoms with Gasteiger partial charge in [0.25, 0.3) is 0 Å². The van der Waals surface area contributed by atoms with Gasteiger partial charge in [0.15, 0.2) is 0 Å². The van der Waals surface area contributed by atoms with Gasteiger partial charge < -0.3 is 15.4 Å². The minimum atomic E-state index is 0.733. The number of allylic oxidation sites excluding steroid dienone is 2. The van der Waals surface area contributed by atoms with E-state index in [1.807, 2.05) is 18.2 Å². The summed E-state index contributed by atoms with van der Waals surface area (Å²) in [7, 11) is 0. The van der Waals surface area contributed by atoms with Crippen molar-refractivity contribution in [2.24, 2.45) is 0 Å². The maximum absolute atomic E-state index is 4.80. The van der Waals surface area contributed by atoms with Crippen LogP contribution in [0.2, 0.25) is 0 Å². The van der Waals surface area contributed by atoms with Gasteiger partial charge in [-0.3, -0.25) is 0 Å². The van der Waals surface area contributed by atoms with E-state index in [0.29, 0.717) is 0 Å². The first-order valence-electron chi connectivity index (χ1n) is 4.35. The number of rotatable bonds is 0. The lowest BCUT2D eigenvalue weighted by Gasteiger charge is -2.11. The second kappa shape index (κ2) is 6.88. The summed E-state index contributed by atoms with van der Waals surface area (Å²) < 4.78 is 4.80. The molecule has 2 aliphatic rings. The van der Waals surface area contributed by atoms with Crippen LogP contribution in [0.25, 0.3) is 0 Å². The number of nitrogens with one attached hydrogen (secondary N) is 2. The average Bonchev–Trinajstić information content (AvgIpc) is 2.24. The van der Waals surface area contributed by atoms with Crippen molar-refractivity contribution in [1.29, 1.82) is 0 Å². The summed E-state index contributed by atoms with van der Waals surface area (Å²) in [6.07, 6.45) is 7.47. The van der Waals surface area contributed by atoms with Gasteiger partial charge in [0.2, 0.25) is 0 Å². The molecule has 2 aliphatic heterocycles. The molecule has 0 unspecified atom stereocenters. The molecule has 0 amide bonds. The molecule has 2 N–H and O–H groups in total. The van der Waals surface area contributed by atoms with Crippen molar-refractivity contribution in [1.82, 2.24) is 10.6 Å². The second-order valence-electron chi connectivity index (χ2n) is 2.59. The molecule has 2 heterocycles. The van der Waals surface area contributed by atoms with Crippen LogP contribution < -0.4 is 10.6 Å². The molecule has 3 nitrogen and oxygen atoms in total. The van der Waals surface area contributed by atoms with Crippen LogP contribution in [0.5, 0.6) is 0 Å². The van der Waals surface area contributed by atoms with Gasteiger partial charge in [-0.25, -0.2) is 0 Å². The van der Waals surface area contributed by atoms with Crippen LogP contribution in [0.15, 0.2) is 24.5 Å². The van der Waals surface area contributed by atoms with Crippen molar-refractivity contribution in [3.63, 3.8) is 0 Å². The molecule has 0 saturated carbocycles. The van der Waals surface area contributed by atoms with Crippen LogP contribution in [0.3, 0.4) is 0 Å². The van der Waals surface area contributed by atoms with Gasteiger partial charge in [-0.2, -0.15) is 0 Å². The highest BCUT2D eigenvalue weighted by Crippen LogP contribution is 1.87. The SMILES string of the molecule is C1=CCOC=C1.C1CNCCN1. The molecule has 0 aromatic carbocycles. The summed E-state index contributed by atoms with van der Waals surface area (Å²) in [6, 6.07) is 0. The molecule has 0 radical (unpaired) electrons. The smallest absolute Gasteiger partial charge is 0.106 e. The predicted molar refractivity (Wildman–Crippen MR) is 50.0 cm³/mol. The average molecular weight is 168 g/mol. The molecule has 0 aromatic rings. The normalized spacial score (nSPS) is 20.7. The molecule has 0 spiro atoms. The number of ether oxygens (including phenoxy) is 1. The Hall–Kier alpha value is -0.800. The molecule has 1 fully saturated rings. The fourth-order valence-electron chi connectivity index (χ4n) is 0.950. The molecule has 3 heteroatoms. The summed E-state index contributed by atoms with van der Waals surface area (Å²) >= 11 is 0. The fourth-order valence-corrected chi connectivity index (χ4v) is 0.950. The Morgan fingerprint density at radius 2 is 1.58 bits per heavy atom. The zero-order valence-corrected chi connectivity index (χ0v) is 7.25. The lowest BCUT2D eigenvalue weighted by atomic mass is 10.4. The van der Waals surface area contributed by atoms with Crippen LogP contribution in [-0.2, 0) is 4.74 Å². The van der Waals surface area contributed by atoms with Crippen LogP contribution in [0, 0.1) is 0 Å². The first-order valence-corrected chi connectivity index (χ1v) is 4.35. The third-order valence-electron chi connectivity index (χ3n) is 1.57. The van der Waals surface area contributed by atoms with Crippen molar-refractivity contribution >= 4 is 0 Å². The van der Waals surface area contributed by atoms with Gasteiger partial charge in [-0.05, 0) is 12.2 Å². The first-order chi connectivity index (χ1) is 6.00. The van der Waals surface area contributed by atoms with E-state index in [0.717, 1.165) is 32.8 Å². The second-order valence-corrected chi connectivity index (χ2v) is 2.59. The molecule has 2 rings (SSSR count). The summed E-state index contributed by atoms with van der Waals surface area (Å²) in [4.78, 5) is 0. The Bertz CT molecular complexity index is 127. The van der Waals surface area contributed by atoms with E-state index in [2.05, 4.69) is 10.6 Å². The first kappa shape index (κ1) is 9.29. The van der Waals surface area contributed by atoms with Crippen LogP contribution >= 0.6 is 0 Å². The molecule has 0 aliphatic carbocycles. The quantitative estimate of drug-likeness (QED) is 0.544. The molecule has 1 saturated heterocycles. The van der Waals surface area contributed by atoms with Gasteiger partial charge >= 0.3 is 0 Å². The van der Waals surface area contributed by atoms with E-state index in [-0.39, 0.29) is 0 Å². The van der Waals surface area contributed by atoms with E-state index in [4.69, 9.17) is 4.74 Å².